The van der Waals surface area contributed by atoms with Crippen LogP contribution in [0.2, 0.25) is 0 Å². The number of hydrogen-bond acceptors (Lipinski definition) is 4. The lowest BCUT2D eigenvalue weighted by molar-refractivity contribution is -0.140. The lowest BCUT2D eigenvalue weighted by atomic mass is 9.79. The standard InChI is InChI=1S/C21H30N2O3/c24-20(19-8-4-14-26-19)23-12-10-21(17-23)9-5-11-22(16-21)13-15-25-18-6-2-1-3-7-18/h1-3,6-7,19H,4-5,8-17H2/t19-,21?/m1/s1. The average Bonchev–Trinajstić information content (AvgIpc) is 3.33. The lowest BCUT2D eigenvalue weighted by Crippen LogP contribution is -2.47. The van der Waals surface area contributed by atoms with E-state index in [4.69, 9.17) is 9.47 Å². The van der Waals surface area contributed by atoms with Crippen LogP contribution in [-0.2, 0) is 9.53 Å². The second kappa shape index (κ2) is 7.97. The number of hydrogen-bond donors (Lipinski definition) is 0. The van der Waals surface area contributed by atoms with Crippen molar-refractivity contribution < 1.29 is 14.3 Å². The first-order valence-corrected chi connectivity index (χ1v) is 10.0. The molecule has 0 bridgehead atoms. The number of rotatable bonds is 5. The Hall–Kier alpha value is -1.59. The third-order valence-electron chi connectivity index (χ3n) is 6.12. The molecule has 3 aliphatic heterocycles. The van der Waals surface area contributed by atoms with E-state index < -0.39 is 0 Å². The number of para-hydroxylation sites is 1. The van der Waals surface area contributed by atoms with Gasteiger partial charge in [0.25, 0.3) is 5.91 Å². The third kappa shape index (κ3) is 4.04. The van der Waals surface area contributed by atoms with Crippen LogP contribution in [0.15, 0.2) is 30.3 Å². The maximum absolute atomic E-state index is 12.7. The first-order valence-electron chi connectivity index (χ1n) is 10.0. The van der Waals surface area contributed by atoms with E-state index in [2.05, 4.69) is 9.80 Å². The lowest BCUT2D eigenvalue weighted by Gasteiger charge is -2.40. The first-order chi connectivity index (χ1) is 12.7. The van der Waals surface area contributed by atoms with E-state index in [0.717, 1.165) is 70.9 Å². The average molecular weight is 358 g/mol. The second-order valence-electron chi connectivity index (χ2n) is 8.05. The molecule has 3 saturated heterocycles. The predicted molar refractivity (Wildman–Crippen MR) is 100 cm³/mol. The molecule has 26 heavy (non-hydrogen) atoms. The molecule has 3 heterocycles. The molecule has 0 saturated carbocycles. The molecule has 0 aliphatic carbocycles. The first kappa shape index (κ1) is 17.8. The van der Waals surface area contributed by atoms with E-state index in [1.807, 2.05) is 30.3 Å². The van der Waals surface area contributed by atoms with Gasteiger partial charge in [-0.3, -0.25) is 9.69 Å². The van der Waals surface area contributed by atoms with Crippen molar-refractivity contribution in [3.63, 3.8) is 0 Å². The topological polar surface area (TPSA) is 42.0 Å². The van der Waals surface area contributed by atoms with Gasteiger partial charge in [-0.1, -0.05) is 18.2 Å². The van der Waals surface area contributed by atoms with Gasteiger partial charge in [0.2, 0.25) is 0 Å². The Morgan fingerprint density at radius 2 is 2.04 bits per heavy atom. The van der Waals surface area contributed by atoms with Gasteiger partial charge < -0.3 is 14.4 Å². The van der Waals surface area contributed by atoms with Crippen LogP contribution in [0, 0.1) is 5.41 Å². The highest BCUT2D eigenvalue weighted by atomic mass is 16.5. The highest BCUT2D eigenvalue weighted by Gasteiger charge is 2.44. The molecule has 4 rings (SSSR count). The Morgan fingerprint density at radius 1 is 1.15 bits per heavy atom. The van der Waals surface area contributed by atoms with Crippen LogP contribution in [0.3, 0.4) is 0 Å². The smallest absolute Gasteiger partial charge is 0.251 e. The molecule has 2 atom stereocenters. The Kier molecular flexibility index (Phi) is 5.46. The second-order valence-corrected chi connectivity index (χ2v) is 8.05. The van der Waals surface area contributed by atoms with E-state index in [9.17, 15) is 4.79 Å². The molecule has 1 spiro atoms. The van der Waals surface area contributed by atoms with Gasteiger partial charge in [-0.25, -0.2) is 0 Å². The van der Waals surface area contributed by atoms with Crippen molar-refractivity contribution in [1.82, 2.24) is 9.80 Å². The number of likely N-dealkylation sites (tertiary alicyclic amines) is 2. The van der Waals surface area contributed by atoms with Crippen LogP contribution < -0.4 is 4.74 Å². The molecule has 142 valence electrons. The quantitative estimate of drug-likeness (QED) is 0.811. The van der Waals surface area contributed by atoms with Crippen molar-refractivity contribution in [1.29, 1.82) is 0 Å². The van der Waals surface area contributed by atoms with Crippen molar-refractivity contribution in [2.24, 2.45) is 5.41 Å². The van der Waals surface area contributed by atoms with Gasteiger partial charge in [0, 0.05) is 38.2 Å². The van der Waals surface area contributed by atoms with E-state index in [1.54, 1.807) is 0 Å². The fourth-order valence-corrected chi connectivity index (χ4v) is 4.74. The van der Waals surface area contributed by atoms with Gasteiger partial charge in [-0.05, 0) is 50.8 Å². The molecule has 1 aromatic carbocycles. The van der Waals surface area contributed by atoms with Gasteiger partial charge in [-0.2, -0.15) is 0 Å². The molecule has 0 aromatic heterocycles. The predicted octanol–water partition coefficient (Wildman–Crippen LogP) is 2.56. The van der Waals surface area contributed by atoms with Crippen LogP contribution in [0.25, 0.3) is 0 Å². The number of ether oxygens (including phenoxy) is 2. The zero-order valence-corrected chi connectivity index (χ0v) is 15.6. The number of nitrogens with zero attached hydrogens (tertiary/aromatic N) is 2. The number of amides is 1. The van der Waals surface area contributed by atoms with Crippen molar-refractivity contribution >= 4 is 5.91 Å². The highest BCUT2D eigenvalue weighted by molar-refractivity contribution is 5.81. The summed E-state index contributed by atoms with van der Waals surface area (Å²) < 4.78 is 11.5. The Labute approximate surface area is 156 Å². The van der Waals surface area contributed by atoms with Gasteiger partial charge in [0.05, 0.1) is 0 Å². The summed E-state index contributed by atoms with van der Waals surface area (Å²) in [7, 11) is 0. The van der Waals surface area contributed by atoms with Crippen LogP contribution in [0.1, 0.15) is 32.1 Å². The van der Waals surface area contributed by atoms with Crippen LogP contribution >= 0.6 is 0 Å². The number of carbonyl (C=O) groups excluding carboxylic acids is 1. The van der Waals surface area contributed by atoms with Crippen molar-refractivity contribution in [2.75, 3.05) is 45.9 Å². The zero-order valence-electron chi connectivity index (χ0n) is 15.6. The molecular weight excluding hydrogens is 328 g/mol. The Bertz CT molecular complexity index is 603. The van der Waals surface area contributed by atoms with Crippen molar-refractivity contribution in [2.45, 2.75) is 38.2 Å². The van der Waals surface area contributed by atoms with Gasteiger partial charge >= 0.3 is 0 Å². The SMILES string of the molecule is O=C([C@H]1CCCO1)N1CCC2(CCCN(CCOc3ccccc3)C2)C1. The summed E-state index contributed by atoms with van der Waals surface area (Å²) in [4.78, 5) is 17.2. The molecule has 3 fully saturated rings. The molecule has 5 nitrogen and oxygen atoms in total. The minimum Gasteiger partial charge on any atom is -0.492 e. The van der Waals surface area contributed by atoms with E-state index in [0.29, 0.717) is 0 Å². The molecule has 0 radical (unpaired) electrons. The van der Waals surface area contributed by atoms with Gasteiger partial charge in [0.15, 0.2) is 0 Å². The monoisotopic (exact) mass is 358 g/mol. The molecule has 0 N–H and O–H groups in total. The Balaban J connectivity index is 1.27. The maximum atomic E-state index is 12.7. The summed E-state index contributed by atoms with van der Waals surface area (Å²) in [5.41, 5.74) is 0.277. The summed E-state index contributed by atoms with van der Waals surface area (Å²) in [6, 6.07) is 10.0. The van der Waals surface area contributed by atoms with Gasteiger partial charge in [0.1, 0.15) is 18.5 Å². The molecule has 1 unspecified atom stereocenters. The minimum atomic E-state index is -0.177. The largest absolute Gasteiger partial charge is 0.492 e. The minimum absolute atomic E-state index is 0.177. The summed E-state index contributed by atoms with van der Waals surface area (Å²) in [5.74, 6) is 1.16. The number of piperidine rings is 1. The summed E-state index contributed by atoms with van der Waals surface area (Å²) in [5, 5.41) is 0. The van der Waals surface area contributed by atoms with Crippen molar-refractivity contribution in [3.05, 3.63) is 30.3 Å². The molecule has 1 amide bonds. The fourth-order valence-electron chi connectivity index (χ4n) is 4.74. The Morgan fingerprint density at radius 3 is 2.85 bits per heavy atom. The zero-order chi connectivity index (χ0) is 17.8. The van der Waals surface area contributed by atoms with E-state index >= 15 is 0 Å². The van der Waals surface area contributed by atoms with Crippen LogP contribution in [0.5, 0.6) is 5.75 Å². The third-order valence-corrected chi connectivity index (χ3v) is 6.12. The maximum Gasteiger partial charge on any atom is 0.251 e. The number of carbonyl (C=O) groups is 1. The van der Waals surface area contributed by atoms with Crippen LogP contribution in [-0.4, -0.2) is 67.7 Å². The molecule has 1 aromatic rings. The summed E-state index contributed by atoms with van der Waals surface area (Å²) in [6.45, 7) is 6.44. The highest BCUT2D eigenvalue weighted by Crippen LogP contribution is 2.39. The molecule has 3 aliphatic rings. The van der Waals surface area contributed by atoms with Crippen LogP contribution in [0.4, 0.5) is 0 Å². The van der Waals surface area contributed by atoms with E-state index in [-0.39, 0.29) is 17.4 Å². The fraction of sp³-hybridized carbons (Fsp3) is 0.667. The van der Waals surface area contributed by atoms with E-state index in [1.165, 1.54) is 12.8 Å². The summed E-state index contributed by atoms with van der Waals surface area (Å²) >= 11 is 0. The molecular formula is C21H30N2O3. The normalized spacial score (nSPS) is 29.4. The summed E-state index contributed by atoms with van der Waals surface area (Å²) in [6.07, 6.45) is 5.31. The molecule has 5 heteroatoms. The van der Waals surface area contributed by atoms with Gasteiger partial charge in [-0.15, -0.1) is 0 Å². The number of benzene rings is 1. The van der Waals surface area contributed by atoms with Crippen molar-refractivity contribution in [3.8, 4) is 5.75 Å².